The van der Waals surface area contributed by atoms with Crippen molar-refractivity contribution in [3.8, 4) is 0 Å². The fourth-order valence-corrected chi connectivity index (χ4v) is 2.01. The van der Waals surface area contributed by atoms with Crippen molar-refractivity contribution < 1.29 is 9.53 Å². The Kier molecular flexibility index (Phi) is 4.74. The number of amides is 1. The molecule has 1 fully saturated rings. The molecule has 1 saturated heterocycles. The summed E-state index contributed by atoms with van der Waals surface area (Å²) in [5.41, 5.74) is 5.39. The molecule has 0 spiro atoms. The van der Waals surface area contributed by atoms with Crippen LogP contribution in [0, 0.1) is 5.92 Å². The van der Waals surface area contributed by atoms with Crippen LogP contribution in [0.4, 0.5) is 0 Å². The topological polar surface area (TPSA) is 64.4 Å². The third kappa shape index (κ3) is 3.19. The van der Waals surface area contributed by atoms with Gasteiger partial charge < -0.3 is 15.8 Å². The first-order valence-electron chi connectivity index (χ1n) is 6.17. The van der Waals surface area contributed by atoms with Crippen molar-refractivity contribution in [2.24, 2.45) is 11.7 Å². The molecule has 0 saturated carbocycles. The number of nitrogens with two attached hydrogens (primary N) is 1. The highest BCUT2D eigenvalue weighted by Gasteiger charge is 2.36. The fourth-order valence-electron chi connectivity index (χ4n) is 2.01. The molecule has 4 heteroatoms. The molecule has 1 aliphatic rings. The average molecular weight is 228 g/mol. The summed E-state index contributed by atoms with van der Waals surface area (Å²) in [5.74, 6) is 0.425. The Balaban J connectivity index is 2.55. The van der Waals surface area contributed by atoms with Gasteiger partial charge in [0.1, 0.15) is 0 Å². The first kappa shape index (κ1) is 13.5. The van der Waals surface area contributed by atoms with Crippen molar-refractivity contribution in [2.45, 2.75) is 51.6 Å². The van der Waals surface area contributed by atoms with Gasteiger partial charge in [0.15, 0.2) is 0 Å². The largest absolute Gasteiger partial charge is 0.381 e. The fraction of sp³-hybridized carbons (Fsp3) is 0.917. The maximum atomic E-state index is 12.1. The molecule has 0 aromatic carbocycles. The van der Waals surface area contributed by atoms with E-state index in [4.69, 9.17) is 10.5 Å². The Labute approximate surface area is 97.9 Å². The number of carbonyl (C=O) groups is 1. The molecule has 4 nitrogen and oxygen atoms in total. The van der Waals surface area contributed by atoms with Gasteiger partial charge in [0.05, 0.1) is 5.54 Å². The van der Waals surface area contributed by atoms with Gasteiger partial charge in [0, 0.05) is 19.3 Å². The Morgan fingerprint density at radius 2 is 2.00 bits per heavy atom. The second-order valence-electron chi connectivity index (χ2n) is 5.00. The molecule has 0 radical (unpaired) electrons. The van der Waals surface area contributed by atoms with Crippen molar-refractivity contribution in [1.29, 1.82) is 0 Å². The smallest absolute Gasteiger partial charge is 0.240 e. The summed E-state index contributed by atoms with van der Waals surface area (Å²) in [4.78, 5) is 12.1. The lowest BCUT2D eigenvalue weighted by molar-refractivity contribution is -0.130. The second kappa shape index (κ2) is 5.64. The highest BCUT2D eigenvalue weighted by molar-refractivity contribution is 5.86. The van der Waals surface area contributed by atoms with E-state index in [2.05, 4.69) is 26.1 Å². The van der Waals surface area contributed by atoms with Gasteiger partial charge in [-0.1, -0.05) is 20.8 Å². The van der Waals surface area contributed by atoms with E-state index in [1.165, 1.54) is 0 Å². The summed E-state index contributed by atoms with van der Waals surface area (Å²) >= 11 is 0. The Morgan fingerprint density at radius 3 is 2.44 bits per heavy atom. The molecule has 1 heterocycles. The van der Waals surface area contributed by atoms with Crippen LogP contribution < -0.4 is 11.1 Å². The zero-order valence-corrected chi connectivity index (χ0v) is 10.6. The zero-order chi connectivity index (χ0) is 12.2. The van der Waals surface area contributed by atoms with Crippen LogP contribution in [0.1, 0.15) is 40.0 Å². The summed E-state index contributed by atoms with van der Waals surface area (Å²) in [6, 6.07) is 0.218. The molecule has 1 atom stereocenters. The molecule has 1 unspecified atom stereocenters. The molecule has 1 amide bonds. The lowest BCUT2D eigenvalue weighted by Crippen LogP contribution is -2.59. The van der Waals surface area contributed by atoms with Crippen molar-refractivity contribution in [3.63, 3.8) is 0 Å². The zero-order valence-electron chi connectivity index (χ0n) is 10.6. The summed E-state index contributed by atoms with van der Waals surface area (Å²) in [6.07, 6.45) is 2.18. The highest BCUT2D eigenvalue weighted by Crippen LogP contribution is 2.18. The van der Waals surface area contributed by atoms with E-state index in [0.29, 0.717) is 32.0 Å². The Morgan fingerprint density at radius 1 is 1.44 bits per heavy atom. The van der Waals surface area contributed by atoms with E-state index in [-0.39, 0.29) is 11.9 Å². The SMILES string of the molecule is CCC(NC(=O)C1(N)CCOCC1)C(C)C. The molecule has 3 N–H and O–H groups in total. The molecule has 1 aliphatic heterocycles. The quantitative estimate of drug-likeness (QED) is 0.756. The highest BCUT2D eigenvalue weighted by atomic mass is 16.5. The third-order valence-corrected chi connectivity index (χ3v) is 3.40. The van der Waals surface area contributed by atoms with Gasteiger partial charge in [-0.2, -0.15) is 0 Å². The van der Waals surface area contributed by atoms with E-state index in [9.17, 15) is 4.79 Å². The maximum Gasteiger partial charge on any atom is 0.240 e. The summed E-state index contributed by atoms with van der Waals surface area (Å²) in [5, 5.41) is 3.06. The number of hydrogen-bond donors (Lipinski definition) is 2. The van der Waals surface area contributed by atoms with Gasteiger partial charge in [-0.25, -0.2) is 0 Å². The number of ether oxygens (including phenoxy) is 1. The molecule has 1 rings (SSSR count). The average Bonchev–Trinajstić information content (AvgIpc) is 2.26. The summed E-state index contributed by atoms with van der Waals surface area (Å²) < 4.78 is 5.23. The van der Waals surface area contributed by atoms with E-state index in [0.717, 1.165) is 6.42 Å². The van der Waals surface area contributed by atoms with E-state index >= 15 is 0 Å². The van der Waals surface area contributed by atoms with E-state index < -0.39 is 5.54 Å². The van der Waals surface area contributed by atoms with Gasteiger partial charge in [-0.3, -0.25) is 4.79 Å². The number of rotatable bonds is 4. The van der Waals surface area contributed by atoms with Crippen LogP contribution in [0.25, 0.3) is 0 Å². The maximum absolute atomic E-state index is 12.1. The van der Waals surface area contributed by atoms with Crippen LogP contribution in [0.2, 0.25) is 0 Å². The Bertz CT molecular complexity index is 235. The predicted octanol–water partition coefficient (Wildman–Crippen LogP) is 1.05. The first-order valence-corrected chi connectivity index (χ1v) is 6.17. The van der Waals surface area contributed by atoms with Gasteiger partial charge in [0.2, 0.25) is 5.91 Å². The number of hydrogen-bond acceptors (Lipinski definition) is 3. The van der Waals surface area contributed by atoms with Gasteiger partial charge in [-0.05, 0) is 25.2 Å². The first-order chi connectivity index (χ1) is 7.49. The van der Waals surface area contributed by atoms with Gasteiger partial charge in [-0.15, -0.1) is 0 Å². The van der Waals surface area contributed by atoms with Crippen LogP contribution in [-0.4, -0.2) is 30.7 Å². The van der Waals surface area contributed by atoms with Crippen LogP contribution in [-0.2, 0) is 9.53 Å². The molecule has 16 heavy (non-hydrogen) atoms. The van der Waals surface area contributed by atoms with Crippen molar-refractivity contribution in [1.82, 2.24) is 5.32 Å². The van der Waals surface area contributed by atoms with Crippen molar-refractivity contribution in [2.75, 3.05) is 13.2 Å². The normalized spacial score (nSPS) is 21.8. The number of nitrogens with one attached hydrogen (secondary N) is 1. The number of carbonyl (C=O) groups excluding carboxylic acids is 1. The van der Waals surface area contributed by atoms with Crippen molar-refractivity contribution >= 4 is 5.91 Å². The molecule has 0 aliphatic carbocycles. The third-order valence-electron chi connectivity index (χ3n) is 3.40. The molecular weight excluding hydrogens is 204 g/mol. The van der Waals surface area contributed by atoms with Crippen LogP contribution in [0.3, 0.4) is 0 Å². The van der Waals surface area contributed by atoms with Crippen LogP contribution in [0.5, 0.6) is 0 Å². The van der Waals surface area contributed by atoms with Crippen LogP contribution >= 0.6 is 0 Å². The van der Waals surface area contributed by atoms with E-state index in [1.807, 2.05) is 0 Å². The lowest BCUT2D eigenvalue weighted by atomic mass is 9.89. The molecule has 0 aromatic heterocycles. The standard InChI is InChI=1S/C12H24N2O2/c1-4-10(9(2)3)14-11(15)12(13)5-7-16-8-6-12/h9-10H,4-8,13H2,1-3H3,(H,14,15). The molecule has 0 aromatic rings. The molecule has 94 valence electrons. The minimum Gasteiger partial charge on any atom is -0.381 e. The minimum absolute atomic E-state index is 0.0173. The van der Waals surface area contributed by atoms with Crippen LogP contribution in [0.15, 0.2) is 0 Å². The van der Waals surface area contributed by atoms with Gasteiger partial charge >= 0.3 is 0 Å². The minimum atomic E-state index is -0.722. The molecule has 0 bridgehead atoms. The van der Waals surface area contributed by atoms with E-state index in [1.54, 1.807) is 0 Å². The van der Waals surface area contributed by atoms with Crippen molar-refractivity contribution in [3.05, 3.63) is 0 Å². The monoisotopic (exact) mass is 228 g/mol. The summed E-state index contributed by atoms with van der Waals surface area (Å²) in [6.45, 7) is 7.48. The van der Waals surface area contributed by atoms with Gasteiger partial charge in [0.25, 0.3) is 0 Å². The summed E-state index contributed by atoms with van der Waals surface area (Å²) in [7, 11) is 0. The second-order valence-corrected chi connectivity index (χ2v) is 5.00. The Hall–Kier alpha value is -0.610. The lowest BCUT2D eigenvalue weighted by Gasteiger charge is -2.34. The predicted molar refractivity (Wildman–Crippen MR) is 64.0 cm³/mol. The molecular formula is C12H24N2O2.